The number of urea groups is 1. The molecule has 1 aliphatic rings. The summed E-state index contributed by atoms with van der Waals surface area (Å²) in [6.45, 7) is 6.33. The molecular weight excluding hydrogens is 455 g/mol. The van der Waals surface area contributed by atoms with Gasteiger partial charge >= 0.3 is 6.03 Å². The normalized spacial score (nSPS) is 16.0. The maximum atomic E-state index is 14.6. The van der Waals surface area contributed by atoms with E-state index >= 15 is 0 Å². The zero-order chi connectivity index (χ0) is 26.0. The smallest absolute Gasteiger partial charge is 0.345 e. The summed E-state index contributed by atoms with van der Waals surface area (Å²) in [4.78, 5) is 30.2. The Labute approximate surface area is 206 Å². The van der Waals surface area contributed by atoms with E-state index in [0.29, 0.717) is 37.2 Å². The highest BCUT2D eigenvalue weighted by Gasteiger charge is 2.23. The average Bonchev–Trinajstić information content (AvgIpc) is 2.84. The van der Waals surface area contributed by atoms with Crippen LogP contribution in [0.15, 0.2) is 23.2 Å². The van der Waals surface area contributed by atoms with E-state index < -0.39 is 36.9 Å². The Hall–Kier alpha value is -2.72. The largest absolute Gasteiger partial charge is 0.493 e. The second-order valence-electron chi connectivity index (χ2n) is 9.37. The van der Waals surface area contributed by atoms with Crippen LogP contribution >= 0.6 is 0 Å². The number of nitrogens with one attached hydrogen (secondary N) is 1. The Morgan fingerprint density at radius 3 is 2.46 bits per heavy atom. The molecule has 1 aliphatic heterocycles. The monoisotopic (exact) mass is 494 g/mol. The third kappa shape index (κ3) is 8.78. The zero-order valence-electron chi connectivity index (χ0n) is 20.9. The van der Waals surface area contributed by atoms with Crippen molar-refractivity contribution in [2.75, 3.05) is 32.9 Å². The molecule has 35 heavy (non-hydrogen) atoms. The average molecular weight is 495 g/mol. The van der Waals surface area contributed by atoms with E-state index in [9.17, 15) is 14.0 Å². The van der Waals surface area contributed by atoms with Gasteiger partial charge in [-0.1, -0.05) is 19.9 Å². The molecule has 0 radical (unpaired) electrons. The Morgan fingerprint density at radius 2 is 1.89 bits per heavy atom. The molecule has 1 atom stereocenters. The molecule has 1 aromatic carbocycles. The number of hydrogen-bond donors (Lipinski definition) is 4. The van der Waals surface area contributed by atoms with E-state index in [1.807, 2.05) is 13.8 Å². The summed E-state index contributed by atoms with van der Waals surface area (Å²) in [5.74, 6) is -0.525. The molecule has 0 saturated carbocycles. The number of aliphatic hydroxyl groups is 2. The SMILES string of the molecule is CC(C)C(N)=NC(=O)N1CCC(CCCOc2ccc(C(C)C(=O)NC(CO)CO)c(F)c2)CC1. The number of aliphatic imine (C=N–C) groups is 1. The first-order valence-electron chi connectivity index (χ1n) is 12.2. The van der Waals surface area contributed by atoms with Crippen LogP contribution in [0.3, 0.4) is 0 Å². The van der Waals surface area contributed by atoms with Gasteiger partial charge in [-0.25, -0.2) is 9.18 Å². The van der Waals surface area contributed by atoms with Gasteiger partial charge in [0.25, 0.3) is 0 Å². The van der Waals surface area contributed by atoms with Crippen molar-refractivity contribution in [3.8, 4) is 5.75 Å². The zero-order valence-corrected chi connectivity index (χ0v) is 20.9. The quantitative estimate of drug-likeness (QED) is 0.212. The van der Waals surface area contributed by atoms with Crippen molar-refractivity contribution in [3.05, 3.63) is 29.6 Å². The fraction of sp³-hybridized carbons (Fsp3) is 0.640. The third-order valence-corrected chi connectivity index (χ3v) is 6.35. The van der Waals surface area contributed by atoms with E-state index in [1.54, 1.807) is 17.9 Å². The lowest BCUT2D eigenvalue weighted by atomic mass is 9.92. The number of hydrogen-bond acceptors (Lipinski definition) is 5. The van der Waals surface area contributed by atoms with Crippen molar-refractivity contribution in [3.63, 3.8) is 0 Å². The molecule has 9 nitrogen and oxygen atoms in total. The number of benzene rings is 1. The molecule has 0 aliphatic carbocycles. The first-order valence-corrected chi connectivity index (χ1v) is 12.2. The van der Waals surface area contributed by atoms with E-state index in [2.05, 4.69) is 10.3 Å². The number of carbonyl (C=O) groups is 2. The first kappa shape index (κ1) is 28.5. The summed E-state index contributed by atoms with van der Waals surface area (Å²) in [5, 5.41) is 20.7. The Balaban J connectivity index is 1.74. The maximum absolute atomic E-state index is 14.6. The lowest BCUT2D eigenvalue weighted by Crippen LogP contribution is -2.42. The third-order valence-electron chi connectivity index (χ3n) is 6.35. The van der Waals surface area contributed by atoms with Crippen molar-refractivity contribution in [2.45, 2.75) is 58.4 Å². The highest BCUT2D eigenvalue weighted by molar-refractivity contribution is 5.93. The number of halogens is 1. The van der Waals surface area contributed by atoms with Crippen molar-refractivity contribution < 1.29 is 28.9 Å². The number of carbonyl (C=O) groups excluding carboxylic acids is 2. The summed E-state index contributed by atoms with van der Waals surface area (Å²) < 4.78 is 20.3. The van der Waals surface area contributed by atoms with Crippen LogP contribution in [-0.2, 0) is 4.79 Å². The molecule has 1 saturated heterocycles. The van der Waals surface area contributed by atoms with Gasteiger partial charge in [0, 0.05) is 30.6 Å². The fourth-order valence-corrected chi connectivity index (χ4v) is 3.85. The molecular formula is C25H39FN4O5. The van der Waals surface area contributed by atoms with Gasteiger partial charge in [-0.05, 0) is 44.6 Å². The number of aliphatic hydroxyl groups excluding tert-OH is 2. The number of amidine groups is 1. The van der Waals surface area contributed by atoms with E-state index in [0.717, 1.165) is 25.7 Å². The molecule has 1 heterocycles. The van der Waals surface area contributed by atoms with Gasteiger partial charge in [-0.2, -0.15) is 4.99 Å². The number of likely N-dealkylation sites (tertiary alicyclic amines) is 1. The van der Waals surface area contributed by atoms with Crippen molar-refractivity contribution in [2.24, 2.45) is 22.6 Å². The summed E-state index contributed by atoms with van der Waals surface area (Å²) >= 11 is 0. The number of nitrogens with two attached hydrogens (primary N) is 1. The highest BCUT2D eigenvalue weighted by atomic mass is 19.1. The molecule has 1 fully saturated rings. The minimum atomic E-state index is -0.782. The molecule has 1 aromatic rings. The van der Waals surface area contributed by atoms with Crippen LogP contribution in [0, 0.1) is 17.7 Å². The lowest BCUT2D eigenvalue weighted by molar-refractivity contribution is -0.123. The number of nitrogens with zero attached hydrogens (tertiary/aromatic N) is 2. The molecule has 0 bridgehead atoms. The minimum Gasteiger partial charge on any atom is -0.493 e. The maximum Gasteiger partial charge on any atom is 0.345 e. The molecule has 196 valence electrons. The van der Waals surface area contributed by atoms with E-state index in [-0.39, 0.29) is 17.5 Å². The number of rotatable bonds is 11. The van der Waals surface area contributed by atoms with Gasteiger partial charge in [-0.15, -0.1) is 0 Å². The predicted molar refractivity (Wildman–Crippen MR) is 132 cm³/mol. The number of ether oxygens (including phenoxy) is 1. The van der Waals surface area contributed by atoms with E-state index in [4.69, 9.17) is 20.7 Å². The summed E-state index contributed by atoms with van der Waals surface area (Å²) in [5.41, 5.74) is 6.00. The number of piperidine rings is 1. The molecule has 0 aromatic heterocycles. The minimum absolute atomic E-state index is 0.0422. The molecule has 5 N–H and O–H groups in total. The van der Waals surface area contributed by atoms with Gasteiger partial charge in [0.1, 0.15) is 17.4 Å². The summed E-state index contributed by atoms with van der Waals surface area (Å²) in [6, 6.07) is 3.37. The van der Waals surface area contributed by atoms with E-state index in [1.165, 1.54) is 12.1 Å². The predicted octanol–water partition coefficient (Wildman–Crippen LogP) is 2.40. The van der Waals surface area contributed by atoms with Crippen molar-refractivity contribution in [1.29, 1.82) is 0 Å². The van der Waals surface area contributed by atoms with Crippen molar-refractivity contribution in [1.82, 2.24) is 10.2 Å². The van der Waals surface area contributed by atoms with Crippen LogP contribution < -0.4 is 15.8 Å². The second kappa shape index (κ2) is 14.0. The van der Waals surface area contributed by atoms with Crippen LogP contribution in [0.4, 0.5) is 9.18 Å². The molecule has 3 amide bonds. The second-order valence-corrected chi connectivity index (χ2v) is 9.37. The Morgan fingerprint density at radius 1 is 1.23 bits per heavy atom. The number of amides is 3. The lowest BCUT2D eigenvalue weighted by Gasteiger charge is -2.30. The molecule has 1 unspecified atom stereocenters. The highest BCUT2D eigenvalue weighted by Crippen LogP contribution is 2.25. The first-order chi connectivity index (χ1) is 16.7. The summed E-state index contributed by atoms with van der Waals surface area (Å²) in [6.07, 6.45) is 3.57. The van der Waals surface area contributed by atoms with Gasteiger partial charge in [0.2, 0.25) is 5.91 Å². The van der Waals surface area contributed by atoms with Gasteiger partial charge < -0.3 is 30.9 Å². The van der Waals surface area contributed by atoms with Crippen LogP contribution in [0.2, 0.25) is 0 Å². The van der Waals surface area contributed by atoms with Crippen LogP contribution in [-0.4, -0.2) is 71.8 Å². The molecule has 2 rings (SSSR count). The standard InChI is InChI=1S/C25H39FN4O5/c1-16(2)23(27)29-25(34)30-10-8-18(9-11-30)5-4-12-35-20-6-7-21(22(26)13-20)17(3)24(33)28-19(14-31)15-32/h6-7,13,16-19,31-32H,4-5,8-12,14-15H2,1-3H3,(H,28,33)(H2,27,29,34). The van der Waals surface area contributed by atoms with Crippen LogP contribution in [0.5, 0.6) is 5.75 Å². The van der Waals surface area contributed by atoms with Gasteiger partial charge in [-0.3, -0.25) is 4.79 Å². The Bertz CT molecular complexity index is 867. The molecule has 0 spiro atoms. The fourth-order valence-electron chi connectivity index (χ4n) is 3.85. The van der Waals surface area contributed by atoms with Gasteiger partial charge in [0.15, 0.2) is 0 Å². The Kier molecular flexibility index (Phi) is 11.4. The van der Waals surface area contributed by atoms with Crippen LogP contribution in [0.1, 0.15) is 57.9 Å². The van der Waals surface area contributed by atoms with Crippen LogP contribution in [0.25, 0.3) is 0 Å². The summed E-state index contributed by atoms with van der Waals surface area (Å²) in [7, 11) is 0. The van der Waals surface area contributed by atoms with Crippen molar-refractivity contribution >= 4 is 17.8 Å². The molecule has 10 heteroatoms. The topological polar surface area (TPSA) is 137 Å². The van der Waals surface area contributed by atoms with Gasteiger partial charge in [0.05, 0.1) is 31.8 Å².